The molecule has 0 spiro atoms. The Hall–Kier alpha value is -1.97. The predicted molar refractivity (Wildman–Crippen MR) is 107 cm³/mol. The Labute approximate surface area is 162 Å². The van der Waals surface area contributed by atoms with Crippen LogP contribution in [0.15, 0.2) is 60.7 Å². The van der Waals surface area contributed by atoms with E-state index in [1.165, 1.54) is 17.5 Å². The van der Waals surface area contributed by atoms with Crippen LogP contribution in [0.1, 0.15) is 36.8 Å². The first-order valence-electron chi connectivity index (χ1n) is 10.2. The zero-order valence-electron chi connectivity index (χ0n) is 15.9. The normalized spacial score (nSPS) is 25.5. The number of ketones is 1. The van der Waals surface area contributed by atoms with Crippen molar-refractivity contribution < 1.29 is 9.53 Å². The molecule has 4 rings (SSSR count). The fourth-order valence-corrected chi connectivity index (χ4v) is 4.72. The van der Waals surface area contributed by atoms with Gasteiger partial charge in [-0.1, -0.05) is 60.7 Å². The third-order valence-electron chi connectivity index (χ3n) is 6.15. The van der Waals surface area contributed by atoms with E-state index in [1.807, 2.05) is 18.2 Å². The fourth-order valence-electron chi connectivity index (χ4n) is 4.72. The Kier molecular flexibility index (Phi) is 6.00. The molecule has 0 N–H and O–H groups in total. The van der Waals surface area contributed by atoms with Crippen LogP contribution < -0.4 is 0 Å². The summed E-state index contributed by atoms with van der Waals surface area (Å²) in [4.78, 5) is 15.3. The van der Waals surface area contributed by atoms with Crippen molar-refractivity contribution in [2.45, 2.75) is 44.9 Å². The Morgan fingerprint density at radius 1 is 0.963 bits per heavy atom. The SMILES string of the molecule is O=C1C[C@@H]2CCN(Cc3ccccc3)[C@@H](C2)[C@H]1CCOCc1ccccc1. The zero-order chi connectivity index (χ0) is 18.5. The summed E-state index contributed by atoms with van der Waals surface area (Å²) in [6.45, 7) is 3.35. The van der Waals surface area contributed by atoms with Crippen molar-refractivity contribution in [2.24, 2.45) is 11.8 Å². The number of ether oxygens (including phenoxy) is 1. The molecule has 1 saturated heterocycles. The van der Waals surface area contributed by atoms with Crippen molar-refractivity contribution in [3.05, 3.63) is 71.8 Å². The van der Waals surface area contributed by atoms with Gasteiger partial charge >= 0.3 is 0 Å². The zero-order valence-corrected chi connectivity index (χ0v) is 15.9. The Balaban J connectivity index is 1.35. The monoisotopic (exact) mass is 363 g/mol. The maximum Gasteiger partial charge on any atom is 0.137 e. The van der Waals surface area contributed by atoms with Crippen LogP contribution in [0, 0.1) is 11.8 Å². The van der Waals surface area contributed by atoms with Crippen LogP contribution in [0.3, 0.4) is 0 Å². The van der Waals surface area contributed by atoms with Crippen LogP contribution in [-0.4, -0.2) is 29.9 Å². The molecular formula is C24H29NO2. The molecule has 3 nitrogen and oxygen atoms in total. The lowest BCUT2D eigenvalue weighted by Crippen LogP contribution is -2.52. The lowest BCUT2D eigenvalue weighted by Gasteiger charge is -2.46. The van der Waals surface area contributed by atoms with Crippen LogP contribution in [0.5, 0.6) is 0 Å². The van der Waals surface area contributed by atoms with Crippen LogP contribution in [-0.2, 0) is 22.7 Å². The number of piperidine rings is 1. The summed E-state index contributed by atoms with van der Waals surface area (Å²) in [5, 5.41) is 0. The highest BCUT2D eigenvalue weighted by molar-refractivity contribution is 5.83. The number of carbonyl (C=O) groups is 1. The predicted octanol–water partition coefficient (Wildman–Crippen LogP) is 4.46. The van der Waals surface area contributed by atoms with E-state index in [0.29, 0.717) is 31.0 Å². The fraction of sp³-hybridized carbons (Fsp3) is 0.458. The summed E-state index contributed by atoms with van der Waals surface area (Å²) in [5.74, 6) is 1.18. The molecule has 1 saturated carbocycles. The number of hydrogen-bond donors (Lipinski definition) is 0. The molecule has 0 aromatic heterocycles. The molecule has 2 bridgehead atoms. The van der Waals surface area contributed by atoms with E-state index in [4.69, 9.17) is 4.74 Å². The minimum atomic E-state index is 0.126. The highest BCUT2D eigenvalue weighted by Crippen LogP contribution is 2.38. The number of likely N-dealkylation sites (tertiary alicyclic amines) is 1. The average molecular weight is 364 g/mol. The van der Waals surface area contributed by atoms with Gasteiger partial charge in [0.1, 0.15) is 5.78 Å². The molecule has 27 heavy (non-hydrogen) atoms. The molecule has 2 aromatic rings. The molecule has 0 unspecified atom stereocenters. The number of benzene rings is 2. The van der Waals surface area contributed by atoms with Crippen LogP contribution in [0.25, 0.3) is 0 Å². The van der Waals surface area contributed by atoms with E-state index < -0.39 is 0 Å². The quantitative estimate of drug-likeness (QED) is 0.680. The van der Waals surface area contributed by atoms with E-state index in [2.05, 4.69) is 47.4 Å². The highest BCUT2D eigenvalue weighted by Gasteiger charge is 2.42. The first-order valence-corrected chi connectivity index (χ1v) is 10.2. The Morgan fingerprint density at radius 3 is 2.41 bits per heavy atom. The summed E-state index contributed by atoms with van der Waals surface area (Å²) in [7, 11) is 0. The Morgan fingerprint density at radius 2 is 1.67 bits per heavy atom. The molecule has 3 heteroatoms. The van der Waals surface area contributed by atoms with Gasteiger partial charge in [-0.3, -0.25) is 9.69 Å². The summed E-state index contributed by atoms with van der Waals surface area (Å²) < 4.78 is 5.89. The maximum atomic E-state index is 12.8. The third kappa shape index (κ3) is 4.66. The second-order valence-electron chi connectivity index (χ2n) is 8.02. The van der Waals surface area contributed by atoms with E-state index in [-0.39, 0.29) is 5.92 Å². The van der Waals surface area contributed by atoms with E-state index in [0.717, 1.165) is 32.4 Å². The average Bonchev–Trinajstić information content (AvgIpc) is 2.70. The van der Waals surface area contributed by atoms with Crippen molar-refractivity contribution in [3.63, 3.8) is 0 Å². The molecule has 0 amide bonds. The summed E-state index contributed by atoms with van der Waals surface area (Å²) in [6, 6.07) is 21.3. The molecule has 0 radical (unpaired) electrons. The van der Waals surface area contributed by atoms with Crippen molar-refractivity contribution in [1.82, 2.24) is 4.90 Å². The number of rotatable bonds is 7. The summed E-state index contributed by atoms with van der Waals surface area (Å²) in [5.41, 5.74) is 2.53. The van der Waals surface area contributed by atoms with Crippen molar-refractivity contribution in [1.29, 1.82) is 0 Å². The summed E-state index contributed by atoms with van der Waals surface area (Å²) >= 11 is 0. The molecule has 2 aromatic carbocycles. The molecule has 1 heterocycles. The van der Waals surface area contributed by atoms with Gasteiger partial charge in [0.15, 0.2) is 0 Å². The van der Waals surface area contributed by atoms with Crippen molar-refractivity contribution in [3.8, 4) is 0 Å². The van der Waals surface area contributed by atoms with Gasteiger partial charge in [-0.2, -0.15) is 0 Å². The van der Waals surface area contributed by atoms with Gasteiger partial charge in [0.2, 0.25) is 0 Å². The van der Waals surface area contributed by atoms with Gasteiger partial charge in [-0.05, 0) is 42.9 Å². The van der Waals surface area contributed by atoms with Crippen LogP contribution in [0.4, 0.5) is 0 Å². The number of hydrogen-bond acceptors (Lipinski definition) is 3. The largest absolute Gasteiger partial charge is 0.377 e. The molecule has 1 aliphatic heterocycles. The maximum absolute atomic E-state index is 12.8. The minimum Gasteiger partial charge on any atom is -0.377 e. The first-order chi connectivity index (χ1) is 13.3. The summed E-state index contributed by atoms with van der Waals surface area (Å²) in [6.07, 6.45) is 3.95. The second-order valence-corrected chi connectivity index (χ2v) is 8.02. The molecule has 142 valence electrons. The van der Waals surface area contributed by atoms with Gasteiger partial charge < -0.3 is 4.74 Å². The number of fused-ring (bicyclic) bond motifs is 2. The van der Waals surface area contributed by atoms with E-state index >= 15 is 0 Å². The molecule has 2 fully saturated rings. The van der Waals surface area contributed by atoms with Gasteiger partial charge in [0.05, 0.1) is 6.61 Å². The van der Waals surface area contributed by atoms with Crippen molar-refractivity contribution >= 4 is 5.78 Å². The number of carbonyl (C=O) groups excluding carboxylic acids is 1. The van der Waals surface area contributed by atoms with Crippen LogP contribution >= 0.6 is 0 Å². The topological polar surface area (TPSA) is 29.5 Å². The minimum absolute atomic E-state index is 0.126. The highest BCUT2D eigenvalue weighted by atomic mass is 16.5. The molecule has 2 aliphatic rings. The standard InChI is InChI=1S/C24H29NO2/c26-24-16-21-11-13-25(17-19-7-3-1-4-8-19)23(15-21)22(24)12-14-27-18-20-9-5-2-6-10-20/h1-10,21-23H,11-18H2/t21-,22-,23+/m1/s1. The van der Waals surface area contributed by atoms with Gasteiger partial charge in [0, 0.05) is 31.5 Å². The smallest absolute Gasteiger partial charge is 0.137 e. The Bertz CT molecular complexity index is 731. The van der Waals surface area contributed by atoms with Crippen molar-refractivity contribution in [2.75, 3.05) is 13.2 Å². The number of nitrogens with zero attached hydrogens (tertiary/aromatic N) is 1. The van der Waals surface area contributed by atoms with Gasteiger partial charge in [-0.25, -0.2) is 0 Å². The van der Waals surface area contributed by atoms with E-state index in [1.54, 1.807) is 0 Å². The number of Topliss-reactive ketones (excluding diaryl/α,β-unsaturated/α-hetero) is 1. The molecular weight excluding hydrogens is 334 g/mol. The lowest BCUT2D eigenvalue weighted by atomic mass is 9.71. The van der Waals surface area contributed by atoms with E-state index in [9.17, 15) is 4.79 Å². The van der Waals surface area contributed by atoms with Crippen LogP contribution in [0.2, 0.25) is 0 Å². The van der Waals surface area contributed by atoms with Gasteiger partial charge in [0.25, 0.3) is 0 Å². The molecule has 3 atom stereocenters. The first kappa shape index (κ1) is 18.4. The van der Waals surface area contributed by atoms with Gasteiger partial charge in [-0.15, -0.1) is 0 Å². The molecule has 1 aliphatic carbocycles. The second kappa shape index (κ2) is 8.81. The lowest BCUT2D eigenvalue weighted by molar-refractivity contribution is -0.133. The third-order valence-corrected chi connectivity index (χ3v) is 6.15.